The number of carbonyl (C=O) groups excluding carboxylic acids is 1. The number of hydrogen-bond acceptors (Lipinski definition) is 6. The van der Waals surface area contributed by atoms with Gasteiger partial charge in [-0.05, 0) is 75.0 Å². The number of aliphatic carboxylic acids is 1. The molecule has 9 heteroatoms. The van der Waals surface area contributed by atoms with E-state index in [1.807, 2.05) is 42.7 Å². The molecule has 1 atom stereocenters. The molecule has 1 aliphatic heterocycles. The van der Waals surface area contributed by atoms with Crippen molar-refractivity contribution in [3.05, 3.63) is 64.1 Å². The molecule has 2 aliphatic rings. The summed E-state index contributed by atoms with van der Waals surface area (Å²) < 4.78 is -0.0945. The second kappa shape index (κ2) is 14.7. The quantitative estimate of drug-likeness (QED) is 0.153. The summed E-state index contributed by atoms with van der Waals surface area (Å²) in [7, 11) is 0. The number of halogens is 1. The number of carboxylic acids is 1. The van der Waals surface area contributed by atoms with Crippen LogP contribution in [0.2, 0.25) is 0 Å². The first-order valence-corrected chi connectivity index (χ1v) is 18.0. The normalized spacial score (nSPS) is 20.3. The van der Waals surface area contributed by atoms with Gasteiger partial charge in [-0.2, -0.15) is 0 Å². The highest BCUT2D eigenvalue weighted by atomic mass is 127. The van der Waals surface area contributed by atoms with Crippen molar-refractivity contribution in [1.29, 1.82) is 0 Å². The van der Waals surface area contributed by atoms with Crippen LogP contribution in [0.5, 0.6) is 0 Å². The maximum atomic E-state index is 12.8. The molecule has 44 heavy (non-hydrogen) atoms. The summed E-state index contributed by atoms with van der Waals surface area (Å²) in [6.45, 7) is 8.61. The molecular weight excluding hydrogens is 683 g/mol. The van der Waals surface area contributed by atoms with Gasteiger partial charge in [0.25, 0.3) is 5.91 Å². The van der Waals surface area contributed by atoms with E-state index in [1.54, 1.807) is 6.07 Å². The van der Waals surface area contributed by atoms with Crippen LogP contribution in [0.25, 0.3) is 11.4 Å². The summed E-state index contributed by atoms with van der Waals surface area (Å²) in [5, 5.41) is 12.5. The number of aromatic nitrogens is 2. The van der Waals surface area contributed by atoms with Crippen molar-refractivity contribution in [1.82, 2.24) is 15.3 Å². The average molecular weight is 729 g/mol. The molecule has 1 saturated heterocycles. The van der Waals surface area contributed by atoms with Crippen molar-refractivity contribution in [2.45, 2.75) is 88.0 Å². The van der Waals surface area contributed by atoms with E-state index in [9.17, 15) is 14.7 Å². The minimum absolute atomic E-state index is 0.0945. The van der Waals surface area contributed by atoms with E-state index >= 15 is 0 Å². The lowest BCUT2D eigenvalue weighted by atomic mass is 9.72. The lowest BCUT2D eigenvalue weighted by Crippen LogP contribution is -2.42. The SMILES string of the molecule is CCC[C@H]1CC[C@H](C2CCN(c3cnc(-c4ccc(C[C@H](NC(=O)c5ccc(C(C)(C)I)s5)C(=O)O)cc4)nc3)CC2)CC1. The third-order valence-electron chi connectivity index (χ3n) is 9.47. The van der Waals surface area contributed by atoms with Gasteiger partial charge in [-0.3, -0.25) is 4.79 Å². The van der Waals surface area contributed by atoms with Gasteiger partial charge in [0.2, 0.25) is 0 Å². The van der Waals surface area contributed by atoms with Crippen molar-refractivity contribution in [2.75, 3.05) is 18.0 Å². The lowest BCUT2D eigenvalue weighted by molar-refractivity contribution is -0.139. The van der Waals surface area contributed by atoms with E-state index in [-0.39, 0.29) is 15.7 Å². The van der Waals surface area contributed by atoms with Gasteiger partial charge in [-0.15, -0.1) is 11.3 Å². The highest BCUT2D eigenvalue weighted by Crippen LogP contribution is 2.40. The van der Waals surface area contributed by atoms with Crippen molar-refractivity contribution in [2.24, 2.45) is 17.8 Å². The Balaban J connectivity index is 1.13. The molecule has 3 aromatic rings. The molecule has 1 aliphatic carbocycles. The average Bonchev–Trinajstić information content (AvgIpc) is 3.54. The first-order chi connectivity index (χ1) is 21.1. The topological polar surface area (TPSA) is 95.4 Å². The Morgan fingerprint density at radius 2 is 1.64 bits per heavy atom. The highest BCUT2D eigenvalue weighted by molar-refractivity contribution is 14.1. The number of carboxylic acid groups (broad SMARTS) is 1. The van der Waals surface area contributed by atoms with Gasteiger partial charge in [0, 0.05) is 30.0 Å². The van der Waals surface area contributed by atoms with Crippen LogP contribution in [-0.4, -0.2) is 46.1 Å². The first-order valence-electron chi connectivity index (χ1n) is 16.1. The van der Waals surface area contributed by atoms with Gasteiger partial charge < -0.3 is 15.3 Å². The molecule has 2 N–H and O–H groups in total. The van der Waals surface area contributed by atoms with Crippen LogP contribution in [0.4, 0.5) is 5.69 Å². The molecule has 1 saturated carbocycles. The van der Waals surface area contributed by atoms with E-state index in [0.29, 0.717) is 10.7 Å². The third-order valence-corrected chi connectivity index (χ3v) is 11.8. The zero-order valence-electron chi connectivity index (χ0n) is 26.1. The highest BCUT2D eigenvalue weighted by Gasteiger charge is 2.30. The van der Waals surface area contributed by atoms with E-state index < -0.39 is 12.0 Å². The number of amides is 1. The molecule has 0 unspecified atom stereocenters. The predicted octanol–water partition coefficient (Wildman–Crippen LogP) is 8.12. The summed E-state index contributed by atoms with van der Waals surface area (Å²) in [6, 6.07) is 10.3. The van der Waals surface area contributed by atoms with E-state index in [4.69, 9.17) is 0 Å². The minimum Gasteiger partial charge on any atom is -0.480 e. The van der Waals surface area contributed by atoms with Crippen LogP contribution in [0.15, 0.2) is 48.8 Å². The maximum absolute atomic E-state index is 12.8. The van der Waals surface area contributed by atoms with Crippen LogP contribution >= 0.6 is 33.9 Å². The van der Waals surface area contributed by atoms with Crippen LogP contribution in [0.3, 0.4) is 0 Å². The molecule has 5 rings (SSSR count). The fourth-order valence-corrected chi connectivity index (χ4v) is 8.27. The molecule has 0 radical (unpaired) electrons. The fraction of sp³-hybridized carbons (Fsp3) is 0.543. The second-order valence-electron chi connectivity index (χ2n) is 13.1. The Morgan fingerprint density at radius 1 is 1.00 bits per heavy atom. The fourth-order valence-electron chi connectivity index (χ4n) is 6.85. The van der Waals surface area contributed by atoms with Crippen LogP contribution in [0, 0.1) is 17.8 Å². The molecule has 2 aromatic heterocycles. The number of anilines is 1. The third kappa shape index (κ3) is 8.38. The number of thiophene rings is 1. The Labute approximate surface area is 279 Å². The summed E-state index contributed by atoms with van der Waals surface area (Å²) >= 11 is 3.73. The molecule has 0 bridgehead atoms. The van der Waals surface area contributed by atoms with E-state index in [0.717, 1.165) is 52.5 Å². The molecule has 3 heterocycles. The molecule has 2 fully saturated rings. The Kier molecular flexibility index (Phi) is 11.0. The number of piperidine rings is 1. The van der Waals surface area contributed by atoms with Gasteiger partial charge >= 0.3 is 5.97 Å². The zero-order valence-corrected chi connectivity index (χ0v) is 29.1. The van der Waals surface area contributed by atoms with Crippen molar-refractivity contribution in [3.63, 3.8) is 0 Å². The smallest absolute Gasteiger partial charge is 0.326 e. The summed E-state index contributed by atoms with van der Waals surface area (Å²) in [5.41, 5.74) is 2.77. The lowest BCUT2D eigenvalue weighted by Gasteiger charge is -2.39. The second-order valence-corrected chi connectivity index (χ2v) is 16.8. The molecule has 1 aromatic carbocycles. The summed E-state index contributed by atoms with van der Waals surface area (Å²) in [6.07, 6.45) is 15.0. The van der Waals surface area contributed by atoms with Gasteiger partial charge in [0.15, 0.2) is 5.82 Å². The van der Waals surface area contributed by atoms with Crippen LogP contribution in [-0.2, 0) is 14.6 Å². The van der Waals surface area contributed by atoms with Gasteiger partial charge in [0.05, 0.1) is 26.4 Å². The number of alkyl halides is 1. The number of benzene rings is 1. The van der Waals surface area contributed by atoms with E-state index in [2.05, 4.69) is 63.5 Å². The predicted molar refractivity (Wildman–Crippen MR) is 187 cm³/mol. The number of carbonyl (C=O) groups is 2. The standard InChI is InChI=1S/C35H45IN4O3S/c1-4-5-23-6-10-25(11-7-23)26-16-18-40(19-17-26)28-21-37-32(38-22-28)27-12-8-24(9-13-27)20-29(34(42)43)39-33(41)30-14-15-31(44-30)35(2,3)36/h8-9,12-15,21-23,25-26,29H,4-7,10-11,16-20H2,1-3H3,(H,39,41)(H,42,43)/t23-,25-,29-/m0/s1. The van der Waals surface area contributed by atoms with Gasteiger partial charge in [-0.25, -0.2) is 14.8 Å². The van der Waals surface area contributed by atoms with Crippen LogP contribution in [0.1, 0.15) is 92.3 Å². The Bertz CT molecular complexity index is 1390. The van der Waals surface area contributed by atoms with Gasteiger partial charge in [-0.1, -0.05) is 79.5 Å². The number of hydrogen-bond donors (Lipinski definition) is 2. The minimum atomic E-state index is -1.06. The van der Waals surface area contributed by atoms with Crippen molar-refractivity contribution < 1.29 is 14.7 Å². The van der Waals surface area contributed by atoms with Crippen molar-refractivity contribution in [3.8, 4) is 11.4 Å². The van der Waals surface area contributed by atoms with E-state index in [1.165, 1.54) is 62.7 Å². The summed E-state index contributed by atoms with van der Waals surface area (Å²) in [5.74, 6) is 1.97. The van der Waals surface area contributed by atoms with Gasteiger partial charge in [0.1, 0.15) is 6.04 Å². The molecule has 0 spiro atoms. The van der Waals surface area contributed by atoms with Crippen LogP contribution < -0.4 is 10.2 Å². The largest absolute Gasteiger partial charge is 0.480 e. The molecule has 7 nitrogen and oxygen atoms in total. The summed E-state index contributed by atoms with van der Waals surface area (Å²) in [4.78, 5) is 38.1. The molecule has 1 amide bonds. The molecular formula is C35H45IN4O3S. The monoisotopic (exact) mass is 728 g/mol. The number of nitrogens with zero attached hydrogens (tertiary/aromatic N) is 3. The number of rotatable bonds is 11. The first kappa shape index (κ1) is 32.9. The maximum Gasteiger partial charge on any atom is 0.326 e. The van der Waals surface area contributed by atoms with Crippen molar-refractivity contribution >= 4 is 51.5 Å². The zero-order chi connectivity index (χ0) is 31.3. The Morgan fingerprint density at radius 3 is 2.20 bits per heavy atom. The molecule has 236 valence electrons. The Hall–Kier alpha value is -2.53. The number of nitrogens with one attached hydrogen (secondary N) is 1.